The van der Waals surface area contributed by atoms with Gasteiger partial charge in [0.2, 0.25) is 0 Å². The summed E-state index contributed by atoms with van der Waals surface area (Å²) in [6, 6.07) is 0. The van der Waals surface area contributed by atoms with Gasteiger partial charge in [0.25, 0.3) is 0 Å². The van der Waals surface area contributed by atoms with Crippen molar-refractivity contribution in [1.29, 1.82) is 0 Å². The summed E-state index contributed by atoms with van der Waals surface area (Å²) in [6.07, 6.45) is 13.4. The summed E-state index contributed by atoms with van der Waals surface area (Å²) >= 11 is 0. The third kappa shape index (κ3) is 28.2. The van der Waals surface area contributed by atoms with Crippen molar-refractivity contribution in [2.75, 3.05) is 26.3 Å². The number of rotatable bonds is 21. The van der Waals surface area contributed by atoms with Crippen LogP contribution in [0.5, 0.6) is 0 Å². The molecule has 0 bridgehead atoms. The molecule has 194 valence electrons. The molecule has 33 heavy (non-hydrogen) atoms. The molecule has 0 heterocycles. The highest BCUT2D eigenvalue weighted by Gasteiger charge is 2.07. The average molecular weight is 473 g/mol. The monoisotopic (exact) mass is 472 g/mol. The van der Waals surface area contributed by atoms with Crippen molar-refractivity contribution in [2.24, 2.45) is 11.5 Å². The zero-order valence-electron chi connectivity index (χ0n) is 21.0. The van der Waals surface area contributed by atoms with Gasteiger partial charge in [-0.2, -0.15) is 0 Å². The van der Waals surface area contributed by atoms with Crippen molar-refractivity contribution in [3.63, 3.8) is 0 Å². The molecule has 4 N–H and O–H groups in total. The van der Waals surface area contributed by atoms with Crippen molar-refractivity contribution in [3.05, 3.63) is 0 Å². The maximum Gasteiger partial charge on any atom is 0.306 e. The lowest BCUT2D eigenvalue weighted by Gasteiger charge is -2.04. The van der Waals surface area contributed by atoms with E-state index in [0.29, 0.717) is 13.2 Å². The maximum atomic E-state index is 11.2. The second-order valence-electron chi connectivity index (χ2n) is 8.11. The molecule has 0 aliphatic carbocycles. The Labute approximate surface area is 200 Å². The molecular formula is C25H48N2O6. The van der Waals surface area contributed by atoms with Crippen LogP contribution in [0.2, 0.25) is 0 Å². The third-order valence-electron chi connectivity index (χ3n) is 4.94. The number of ether oxygens (including phenoxy) is 2. The Kier molecular flexibility index (Phi) is 26.8. The first kappa shape index (κ1) is 33.4. The second-order valence-corrected chi connectivity index (χ2v) is 8.11. The molecule has 0 aromatic rings. The fraction of sp³-hybridized carbons (Fsp3) is 0.840. The molecule has 0 saturated heterocycles. The number of Topliss-reactive ketones (excluding diaryl/α,β-unsaturated/α-hetero) is 2. The van der Waals surface area contributed by atoms with E-state index in [1.165, 1.54) is 44.9 Å². The SMILES string of the molecule is CCCCCCCCOC(=O)CCC(=O)CN.CCCCCCCOC(=O)CCC(=O)CN. The minimum atomic E-state index is -0.294. The first-order valence-electron chi connectivity index (χ1n) is 12.7. The van der Waals surface area contributed by atoms with Gasteiger partial charge in [-0.15, -0.1) is 0 Å². The van der Waals surface area contributed by atoms with Crippen LogP contribution in [0.3, 0.4) is 0 Å². The Balaban J connectivity index is 0. The van der Waals surface area contributed by atoms with E-state index in [0.717, 1.165) is 25.7 Å². The number of carbonyl (C=O) groups excluding carboxylic acids is 4. The molecule has 0 saturated carbocycles. The van der Waals surface area contributed by atoms with Gasteiger partial charge in [0, 0.05) is 12.8 Å². The molecule has 0 unspecified atom stereocenters. The molecular weight excluding hydrogens is 424 g/mol. The van der Waals surface area contributed by atoms with Crippen LogP contribution < -0.4 is 11.5 Å². The number of esters is 2. The summed E-state index contributed by atoms with van der Waals surface area (Å²) in [5.41, 5.74) is 10.3. The maximum absolute atomic E-state index is 11.2. The van der Waals surface area contributed by atoms with Crippen molar-refractivity contribution in [1.82, 2.24) is 0 Å². The number of ketones is 2. The van der Waals surface area contributed by atoms with Gasteiger partial charge in [-0.1, -0.05) is 71.6 Å². The molecule has 0 atom stereocenters. The van der Waals surface area contributed by atoms with E-state index in [-0.39, 0.29) is 62.3 Å². The summed E-state index contributed by atoms with van der Waals surface area (Å²) < 4.78 is 10.00. The van der Waals surface area contributed by atoms with Crippen LogP contribution in [0.25, 0.3) is 0 Å². The van der Waals surface area contributed by atoms with Gasteiger partial charge in [0.15, 0.2) is 0 Å². The standard InChI is InChI=1S/C13H25NO3.C12H23NO3/c1-2-3-4-5-6-7-10-17-13(16)9-8-12(15)11-14;1-2-3-4-5-6-9-16-12(15)8-7-11(14)10-13/h2-11,14H2,1H3;2-10,13H2,1H3. The van der Waals surface area contributed by atoms with E-state index in [2.05, 4.69) is 13.8 Å². The van der Waals surface area contributed by atoms with Crippen LogP contribution in [-0.2, 0) is 28.7 Å². The molecule has 0 rings (SSSR count). The first-order valence-corrected chi connectivity index (χ1v) is 12.7. The van der Waals surface area contributed by atoms with E-state index in [1.54, 1.807) is 0 Å². The predicted molar refractivity (Wildman–Crippen MR) is 131 cm³/mol. The van der Waals surface area contributed by atoms with E-state index < -0.39 is 0 Å². The third-order valence-corrected chi connectivity index (χ3v) is 4.94. The largest absolute Gasteiger partial charge is 0.466 e. The van der Waals surface area contributed by atoms with Crippen LogP contribution in [0.1, 0.15) is 110 Å². The topological polar surface area (TPSA) is 139 Å². The van der Waals surface area contributed by atoms with Gasteiger partial charge >= 0.3 is 11.9 Å². The summed E-state index contributed by atoms with van der Waals surface area (Å²) in [6.45, 7) is 5.30. The summed E-state index contributed by atoms with van der Waals surface area (Å²) in [5, 5.41) is 0. The highest BCUT2D eigenvalue weighted by atomic mass is 16.5. The van der Waals surface area contributed by atoms with Crippen molar-refractivity contribution in [3.8, 4) is 0 Å². The summed E-state index contributed by atoms with van der Waals surface area (Å²) in [7, 11) is 0. The van der Waals surface area contributed by atoms with Crippen molar-refractivity contribution in [2.45, 2.75) is 110 Å². The molecule has 8 heteroatoms. The van der Waals surface area contributed by atoms with Crippen LogP contribution in [0, 0.1) is 0 Å². The lowest BCUT2D eigenvalue weighted by atomic mass is 10.1. The van der Waals surface area contributed by atoms with Gasteiger partial charge in [-0.3, -0.25) is 19.2 Å². The van der Waals surface area contributed by atoms with E-state index in [9.17, 15) is 19.2 Å². The zero-order chi connectivity index (χ0) is 25.2. The molecule has 0 aromatic heterocycles. The first-order chi connectivity index (χ1) is 15.9. The molecule has 0 fully saturated rings. The summed E-state index contributed by atoms with van der Waals surface area (Å²) in [4.78, 5) is 44.0. The van der Waals surface area contributed by atoms with E-state index in [4.69, 9.17) is 20.9 Å². The lowest BCUT2D eigenvalue weighted by molar-refractivity contribution is -0.145. The quantitative estimate of drug-likeness (QED) is 0.189. The molecule has 8 nitrogen and oxygen atoms in total. The van der Waals surface area contributed by atoms with Crippen LogP contribution in [0.4, 0.5) is 0 Å². The fourth-order valence-corrected chi connectivity index (χ4v) is 2.79. The van der Waals surface area contributed by atoms with Gasteiger partial charge in [0.1, 0.15) is 11.6 Å². The van der Waals surface area contributed by atoms with E-state index in [1.807, 2.05) is 0 Å². The number of nitrogens with two attached hydrogens (primary N) is 2. The molecule has 0 aromatic carbocycles. The predicted octanol–water partition coefficient (Wildman–Crippen LogP) is 4.01. The van der Waals surface area contributed by atoms with Gasteiger partial charge in [-0.25, -0.2) is 0 Å². The molecule has 0 radical (unpaired) electrons. The average Bonchev–Trinajstić information content (AvgIpc) is 2.82. The minimum absolute atomic E-state index is 0.00426. The van der Waals surface area contributed by atoms with Crippen molar-refractivity contribution >= 4 is 23.5 Å². The number of unbranched alkanes of at least 4 members (excludes halogenated alkanes) is 9. The van der Waals surface area contributed by atoms with Gasteiger partial charge in [0.05, 0.1) is 39.1 Å². The Bertz CT molecular complexity index is 511. The van der Waals surface area contributed by atoms with Crippen LogP contribution in [-0.4, -0.2) is 49.8 Å². The Hall–Kier alpha value is -1.80. The summed E-state index contributed by atoms with van der Waals surface area (Å²) in [5.74, 6) is -0.779. The number of carbonyl (C=O) groups is 4. The smallest absolute Gasteiger partial charge is 0.306 e. The van der Waals surface area contributed by atoms with Gasteiger partial charge in [-0.05, 0) is 12.8 Å². The molecule has 0 amide bonds. The highest BCUT2D eigenvalue weighted by molar-refractivity contribution is 5.84. The van der Waals surface area contributed by atoms with Crippen LogP contribution >= 0.6 is 0 Å². The Morgan fingerprint density at radius 2 is 0.848 bits per heavy atom. The fourth-order valence-electron chi connectivity index (χ4n) is 2.79. The van der Waals surface area contributed by atoms with Crippen LogP contribution in [0.15, 0.2) is 0 Å². The number of hydrogen-bond acceptors (Lipinski definition) is 8. The minimum Gasteiger partial charge on any atom is -0.466 e. The molecule has 0 aliphatic rings. The lowest BCUT2D eigenvalue weighted by Crippen LogP contribution is -2.15. The Morgan fingerprint density at radius 1 is 0.515 bits per heavy atom. The second kappa shape index (κ2) is 26.5. The van der Waals surface area contributed by atoms with E-state index >= 15 is 0 Å². The normalized spacial score (nSPS) is 10.2. The highest BCUT2D eigenvalue weighted by Crippen LogP contribution is 2.05. The molecule has 0 aliphatic heterocycles. The Morgan fingerprint density at radius 3 is 1.18 bits per heavy atom. The number of hydrogen-bond donors (Lipinski definition) is 2. The van der Waals surface area contributed by atoms with Crippen molar-refractivity contribution < 1.29 is 28.7 Å². The zero-order valence-corrected chi connectivity index (χ0v) is 21.0. The van der Waals surface area contributed by atoms with Gasteiger partial charge < -0.3 is 20.9 Å². The molecule has 0 spiro atoms.